The van der Waals surface area contributed by atoms with Gasteiger partial charge < -0.3 is 15.2 Å². The zero-order valence-electron chi connectivity index (χ0n) is 16.2. The minimum absolute atomic E-state index is 0.295. The second-order valence-corrected chi connectivity index (χ2v) is 7.16. The molecule has 2 N–H and O–H groups in total. The van der Waals surface area contributed by atoms with Gasteiger partial charge in [0.15, 0.2) is 0 Å². The normalized spacial score (nSPS) is 12.0. The number of nitrogens with one attached hydrogen (secondary N) is 2. The van der Waals surface area contributed by atoms with Crippen LogP contribution in [-0.2, 0) is 12.6 Å². The Hall–Kier alpha value is -2.87. The van der Waals surface area contributed by atoms with Crippen molar-refractivity contribution in [3.05, 3.63) is 64.6 Å². The van der Waals surface area contributed by atoms with E-state index in [0.717, 1.165) is 47.3 Å². The standard InChI is InChI=1S/C21H21F4N3O/c1-12-14(9-10-28(2)3)15-11-13(7-8-18(15)26-12)27-20(29)19-16(21(23,24)25)5-4-6-17(19)22/h4-8,11,26H,9-10H2,1-3H3,(H,27,29). The number of benzene rings is 2. The molecule has 4 nitrogen and oxygen atoms in total. The second kappa shape index (κ2) is 7.87. The topological polar surface area (TPSA) is 48.1 Å². The van der Waals surface area contributed by atoms with Crippen LogP contribution in [0.1, 0.15) is 27.2 Å². The van der Waals surface area contributed by atoms with Gasteiger partial charge in [-0.05, 0) is 63.3 Å². The molecule has 1 aromatic heterocycles. The van der Waals surface area contributed by atoms with E-state index >= 15 is 0 Å². The van der Waals surface area contributed by atoms with E-state index in [4.69, 9.17) is 0 Å². The molecule has 0 saturated carbocycles. The van der Waals surface area contributed by atoms with Gasteiger partial charge in [-0.3, -0.25) is 4.79 Å². The molecule has 0 saturated heterocycles. The second-order valence-electron chi connectivity index (χ2n) is 7.16. The number of anilines is 1. The molecule has 3 aromatic rings. The number of amides is 1. The maximum atomic E-state index is 14.1. The van der Waals surface area contributed by atoms with Crippen LogP contribution in [0, 0.1) is 12.7 Å². The quantitative estimate of drug-likeness (QED) is 0.586. The molecule has 0 aliphatic heterocycles. The van der Waals surface area contributed by atoms with Crippen LogP contribution in [0.2, 0.25) is 0 Å². The van der Waals surface area contributed by atoms with E-state index < -0.39 is 29.0 Å². The number of fused-ring (bicyclic) bond motifs is 1. The first-order valence-corrected chi connectivity index (χ1v) is 9.01. The lowest BCUT2D eigenvalue weighted by molar-refractivity contribution is -0.138. The molecule has 0 aliphatic carbocycles. The molecule has 0 aliphatic rings. The first-order valence-electron chi connectivity index (χ1n) is 9.01. The molecule has 29 heavy (non-hydrogen) atoms. The van der Waals surface area contributed by atoms with Crippen molar-refractivity contribution >= 4 is 22.5 Å². The van der Waals surface area contributed by atoms with Crippen molar-refractivity contribution in [3.8, 4) is 0 Å². The number of aromatic amines is 1. The van der Waals surface area contributed by atoms with Crippen LogP contribution in [0.15, 0.2) is 36.4 Å². The van der Waals surface area contributed by atoms with Gasteiger partial charge in [0.25, 0.3) is 5.91 Å². The van der Waals surface area contributed by atoms with Gasteiger partial charge in [-0.2, -0.15) is 13.2 Å². The Morgan fingerprint density at radius 1 is 1.17 bits per heavy atom. The highest BCUT2D eigenvalue weighted by molar-refractivity contribution is 6.06. The fraction of sp³-hybridized carbons (Fsp3) is 0.286. The van der Waals surface area contributed by atoms with Crippen molar-refractivity contribution in [1.29, 1.82) is 0 Å². The number of hydrogen-bond donors (Lipinski definition) is 2. The van der Waals surface area contributed by atoms with Crippen LogP contribution < -0.4 is 5.32 Å². The third-order valence-electron chi connectivity index (χ3n) is 4.73. The number of carbonyl (C=O) groups excluding carboxylic acids is 1. The third-order valence-corrected chi connectivity index (χ3v) is 4.73. The van der Waals surface area contributed by atoms with Crippen molar-refractivity contribution in [3.63, 3.8) is 0 Å². The molecule has 8 heteroatoms. The summed E-state index contributed by atoms with van der Waals surface area (Å²) < 4.78 is 53.6. The van der Waals surface area contributed by atoms with Gasteiger partial charge in [0.2, 0.25) is 0 Å². The monoisotopic (exact) mass is 407 g/mol. The van der Waals surface area contributed by atoms with Crippen molar-refractivity contribution in [2.45, 2.75) is 19.5 Å². The number of likely N-dealkylation sites (N-methyl/N-ethyl adjacent to an activating group) is 1. The Morgan fingerprint density at radius 3 is 2.55 bits per heavy atom. The largest absolute Gasteiger partial charge is 0.417 e. The predicted octanol–water partition coefficient (Wildman–Crippen LogP) is 4.99. The maximum Gasteiger partial charge on any atom is 0.417 e. The summed E-state index contributed by atoms with van der Waals surface area (Å²) in [7, 11) is 3.92. The first-order chi connectivity index (χ1) is 13.6. The van der Waals surface area contributed by atoms with Crippen LogP contribution >= 0.6 is 0 Å². The number of H-pyrrole nitrogens is 1. The lowest BCUT2D eigenvalue weighted by Crippen LogP contribution is -2.20. The number of halogens is 4. The van der Waals surface area contributed by atoms with Gasteiger partial charge in [0.1, 0.15) is 5.82 Å². The molecular formula is C21H21F4N3O. The molecule has 3 rings (SSSR count). The summed E-state index contributed by atoms with van der Waals surface area (Å²) in [4.78, 5) is 17.8. The van der Waals surface area contributed by atoms with E-state index in [1.165, 1.54) is 0 Å². The van der Waals surface area contributed by atoms with Crippen LogP contribution in [-0.4, -0.2) is 36.4 Å². The van der Waals surface area contributed by atoms with Gasteiger partial charge in [-0.1, -0.05) is 6.07 Å². The van der Waals surface area contributed by atoms with Crippen LogP contribution in [0.4, 0.5) is 23.2 Å². The van der Waals surface area contributed by atoms with Crippen LogP contribution in [0.5, 0.6) is 0 Å². The minimum atomic E-state index is -4.84. The molecule has 1 amide bonds. The Kier molecular flexibility index (Phi) is 5.66. The Labute approximate surface area is 165 Å². The molecule has 0 radical (unpaired) electrons. The van der Waals surface area contributed by atoms with E-state index in [-0.39, 0.29) is 0 Å². The smallest absolute Gasteiger partial charge is 0.358 e. The lowest BCUT2D eigenvalue weighted by atomic mass is 10.0. The Balaban J connectivity index is 1.95. The summed E-state index contributed by atoms with van der Waals surface area (Å²) >= 11 is 0. The fourth-order valence-corrected chi connectivity index (χ4v) is 3.30. The van der Waals surface area contributed by atoms with Gasteiger partial charge in [-0.15, -0.1) is 0 Å². The van der Waals surface area contributed by atoms with E-state index in [1.807, 2.05) is 25.9 Å². The number of nitrogens with zero attached hydrogens (tertiary/aromatic N) is 1. The average molecular weight is 407 g/mol. The van der Waals surface area contributed by atoms with Crippen LogP contribution in [0.25, 0.3) is 10.9 Å². The summed E-state index contributed by atoms with van der Waals surface area (Å²) in [5.41, 5.74) is 0.879. The van der Waals surface area contributed by atoms with Crippen LogP contribution in [0.3, 0.4) is 0 Å². The van der Waals surface area contributed by atoms with Crippen molar-refractivity contribution in [2.75, 3.05) is 26.0 Å². The van der Waals surface area contributed by atoms with Crippen molar-refractivity contribution < 1.29 is 22.4 Å². The molecule has 154 valence electrons. The summed E-state index contributed by atoms with van der Waals surface area (Å²) in [6.45, 7) is 2.76. The summed E-state index contributed by atoms with van der Waals surface area (Å²) in [5, 5.41) is 3.27. The van der Waals surface area contributed by atoms with Crippen molar-refractivity contribution in [1.82, 2.24) is 9.88 Å². The number of hydrogen-bond acceptors (Lipinski definition) is 2. The van der Waals surface area contributed by atoms with Gasteiger partial charge in [0.05, 0.1) is 11.1 Å². The minimum Gasteiger partial charge on any atom is -0.358 e. The predicted molar refractivity (Wildman–Crippen MR) is 105 cm³/mol. The molecule has 0 bridgehead atoms. The van der Waals surface area contributed by atoms with E-state index in [1.54, 1.807) is 18.2 Å². The molecule has 0 fully saturated rings. The van der Waals surface area contributed by atoms with Crippen molar-refractivity contribution in [2.24, 2.45) is 0 Å². The molecular weight excluding hydrogens is 386 g/mol. The number of aryl methyl sites for hydroxylation is 1. The summed E-state index contributed by atoms with van der Waals surface area (Å²) in [6, 6.07) is 7.46. The zero-order chi connectivity index (χ0) is 21.3. The van der Waals surface area contributed by atoms with Gasteiger partial charge in [-0.25, -0.2) is 4.39 Å². The molecule has 0 unspecified atom stereocenters. The highest BCUT2D eigenvalue weighted by Gasteiger charge is 2.36. The average Bonchev–Trinajstić information content (AvgIpc) is 2.93. The molecule has 0 atom stereocenters. The Morgan fingerprint density at radius 2 is 1.90 bits per heavy atom. The van der Waals surface area contributed by atoms with E-state index in [0.29, 0.717) is 11.8 Å². The van der Waals surface area contributed by atoms with E-state index in [9.17, 15) is 22.4 Å². The number of carbonyl (C=O) groups is 1. The number of alkyl halides is 3. The Bertz CT molecular complexity index is 1050. The third kappa shape index (κ3) is 4.42. The summed E-state index contributed by atoms with van der Waals surface area (Å²) in [6.07, 6.45) is -4.07. The highest BCUT2D eigenvalue weighted by Crippen LogP contribution is 2.34. The lowest BCUT2D eigenvalue weighted by Gasteiger charge is -2.14. The summed E-state index contributed by atoms with van der Waals surface area (Å²) in [5.74, 6) is -2.36. The van der Waals surface area contributed by atoms with Gasteiger partial charge >= 0.3 is 6.18 Å². The number of aromatic nitrogens is 1. The van der Waals surface area contributed by atoms with Gasteiger partial charge in [0, 0.05) is 28.8 Å². The molecule has 2 aromatic carbocycles. The maximum absolute atomic E-state index is 14.1. The molecule has 0 spiro atoms. The zero-order valence-corrected chi connectivity index (χ0v) is 16.2. The van der Waals surface area contributed by atoms with E-state index in [2.05, 4.69) is 10.3 Å². The molecule has 1 heterocycles. The first kappa shape index (κ1) is 20.9. The SMILES string of the molecule is Cc1[nH]c2ccc(NC(=O)c3c(F)cccc3C(F)(F)F)cc2c1CCN(C)C. The highest BCUT2D eigenvalue weighted by atomic mass is 19.4. The fourth-order valence-electron chi connectivity index (χ4n) is 3.30. The number of rotatable bonds is 5.